The summed E-state index contributed by atoms with van der Waals surface area (Å²) in [6.07, 6.45) is 10.3. The van der Waals surface area contributed by atoms with E-state index in [0.717, 1.165) is 57.8 Å². The molecule has 1 aliphatic carbocycles. The number of amides is 2. The van der Waals surface area contributed by atoms with Crippen LogP contribution in [0.3, 0.4) is 0 Å². The van der Waals surface area contributed by atoms with E-state index in [2.05, 4.69) is 17.2 Å². The summed E-state index contributed by atoms with van der Waals surface area (Å²) in [4.78, 5) is 37.7. The number of hydrogen-bond acceptors (Lipinski definition) is 5. The first kappa shape index (κ1) is 26.0. The first-order valence-electron chi connectivity index (χ1n) is 11.2. The highest BCUT2D eigenvalue weighted by Gasteiger charge is 2.34. The van der Waals surface area contributed by atoms with Crippen molar-refractivity contribution in [2.75, 3.05) is 7.11 Å². The molecule has 0 unspecified atom stereocenters. The van der Waals surface area contributed by atoms with E-state index in [4.69, 9.17) is 9.47 Å². The second kappa shape index (κ2) is 13.3. The van der Waals surface area contributed by atoms with Crippen molar-refractivity contribution in [1.29, 1.82) is 0 Å². The van der Waals surface area contributed by atoms with Crippen molar-refractivity contribution in [3.63, 3.8) is 0 Å². The Kier molecular flexibility index (Phi) is 11.5. The molecule has 0 aromatic rings. The number of allylic oxidation sites excluding steroid dienone is 1. The van der Waals surface area contributed by atoms with Gasteiger partial charge >= 0.3 is 12.1 Å². The van der Waals surface area contributed by atoms with Gasteiger partial charge in [-0.05, 0) is 58.8 Å². The molecule has 0 saturated heterocycles. The Morgan fingerprint density at radius 2 is 1.73 bits per heavy atom. The molecule has 30 heavy (non-hydrogen) atoms. The van der Waals surface area contributed by atoms with Crippen molar-refractivity contribution in [2.45, 2.75) is 103 Å². The number of rotatable bonds is 11. The molecule has 2 amide bonds. The van der Waals surface area contributed by atoms with Crippen LogP contribution in [0.15, 0.2) is 12.7 Å². The molecule has 2 atom stereocenters. The standard InChI is InChI=1S/C23H40N2O5/c1-6-7-8-9-13-16-18(24-22(28)30-23(2,3)4)20(26)25-19(21(27)29-5)17-14-11-10-12-15-17/h6,17-19H,1,7-16H2,2-5H3,(H,24,28)(H,25,26)/t18-,19-/m0/s1. The number of carbonyl (C=O) groups excluding carboxylic acids is 3. The van der Waals surface area contributed by atoms with Crippen molar-refractivity contribution in [1.82, 2.24) is 10.6 Å². The topological polar surface area (TPSA) is 93.7 Å². The van der Waals surface area contributed by atoms with Crippen LogP contribution in [-0.2, 0) is 19.1 Å². The highest BCUT2D eigenvalue weighted by molar-refractivity contribution is 5.89. The van der Waals surface area contributed by atoms with Gasteiger partial charge in [0.2, 0.25) is 5.91 Å². The van der Waals surface area contributed by atoms with Crippen molar-refractivity contribution in [3.8, 4) is 0 Å². The predicted molar refractivity (Wildman–Crippen MR) is 117 cm³/mol. The third-order valence-corrected chi connectivity index (χ3v) is 5.28. The lowest BCUT2D eigenvalue weighted by atomic mass is 9.83. The third kappa shape index (κ3) is 10.1. The molecule has 1 fully saturated rings. The molecule has 0 aliphatic heterocycles. The predicted octanol–water partition coefficient (Wildman–Crippen LogP) is 4.25. The molecule has 0 radical (unpaired) electrons. The van der Waals surface area contributed by atoms with Crippen LogP contribution >= 0.6 is 0 Å². The summed E-state index contributed by atoms with van der Waals surface area (Å²) in [6.45, 7) is 9.03. The maximum absolute atomic E-state index is 13.0. The Hall–Kier alpha value is -2.05. The van der Waals surface area contributed by atoms with Crippen molar-refractivity contribution >= 4 is 18.0 Å². The second-order valence-corrected chi connectivity index (χ2v) is 9.03. The van der Waals surface area contributed by atoms with Crippen LogP contribution in [0.4, 0.5) is 4.79 Å². The number of nitrogens with one attached hydrogen (secondary N) is 2. The van der Waals surface area contributed by atoms with E-state index in [1.165, 1.54) is 7.11 Å². The number of esters is 1. The summed E-state index contributed by atoms with van der Waals surface area (Å²) < 4.78 is 10.3. The first-order chi connectivity index (χ1) is 14.2. The largest absolute Gasteiger partial charge is 0.467 e. The van der Waals surface area contributed by atoms with Crippen LogP contribution in [0.25, 0.3) is 0 Å². The maximum Gasteiger partial charge on any atom is 0.408 e. The molecule has 2 N–H and O–H groups in total. The quantitative estimate of drug-likeness (QED) is 0.294. The number of ether oxygens (including phenoxy) is 2. The summed E-state index contributed by atoms with van der Waals surface area (Å²) in [5.41, 5.74) is -0.661. The number of carbonyl (C=O) groups is 3. The van der Waals surface area contributed by atoms with Gasteiger partial charge in [-0.1, -0.05) is 38.2 Å². The minimum absolute atomic E-state index is 0.0601. The molecule has 1 rings (SSSR count). The van der Waals surface area contributed by atoms with Crippen LogP contribution in [0, 0.1) is 5.92 Å². The number of hydrogen-bond donors (Lipinski definition) is 2. The fourth-order valence-corrected chi connectivity index (χ4v) is 3.75. The molecule has 1 aliphatic rings. The van der Waals surface area contributed by atoms with Gasteiger partial charge in [0.1, 0.15) is 17.7 Å². The van der Waals surface area contributed by atoms with Crippen LogP contribution in [-0.4, -0.2) is 42.8 Å². The zero-order chi connectivity index (χ0) is 22.6. The lowest BCUT2D eigenvalue weighted by Gasteiger charge is -2.30. The minimum atomic E-state index is -0.765. The van der Waals surface area contributed by atoms with Gasteiger partial charge in [-0.3, -0.25) is 4.79 Å². The van der Waals surface area contributed by atoms with E-state index in [-0.39, 0.29) is 11.8 Å². The SMILES string of the molecule is C=CCCCCC[C@H](NC(=O)OC(C)(C)C)C(=O)N[C@H](C(=O)OC)C1CCCCC1. The Labute approximate surface area is 181 Å². The molecule has 0 aromatic heterocycles. The summed E-state index contributed by atoms with van der Waals surface area (Å²) in [7, 11) is 1.33. The third-order valence-electron chi connectivity index (χ3n) is 5.28. The van der Waals surface area contributed by atoms with Gasteiger partial charge in [-0.2, -0.15) is 0 Å². The molecule has 0 aromatic carbocycles. The van der Waals surface area contributed by atoms with Crippen molar-refractivity contribution in [3.05, 3.63) is 12.7 Å². The van der Waals surface area contributed by atoms with Crippen LogP contribution in [0.2, 0.25) is 0 Å². The monoisotopic (exact) mass is 424 g/mol. The molecule has 0 spiro atoms. The van der Waals surface area contributed by atoms with Gasteiger partial charge in [0.05, 0.1) is 7.11 Å². The zero-order valence-corrected chi connectivity index (χ0v) is 19.1. The smallest absolute Gasteiger partial charge is 0.408 e. The van der Waals surface area contributed by atoms with Crippen LogP contribution in [0.1, 0.15) is 85.0 Å². The highest BCUT2D eigenvalue weighted by atomic mass is 16.6. The van der Waals surface area contributed by atoms with Gasteiger partial charge in [0.25, 0.3) is 0 Å². The van der Waals surface area contributed by atoms with E-state index in [1.807, 2.05) is 6.08 Å². The van der Waals surface area contributed by atoms with Gasteiger partial charge < -0.3 is 20.1 Å². The van der Waals surface area contributed by atoms with E-state index < -0.39 is 29.7 Å². The molecular weight excluding hydrogens is 384 g/mol. The molecule has 7 heteroatoms. The zero-order valence-electron chi connectivity index (χ0n) is 19.1. The van der Waals surface area contributed by atoms with Gasteiger partial charge in [-0.15, -0.1) is 6.58 Å². The summed E-state index contributed by atoms with van der Waals surface area (Å²) >= 11 is 0. The Morgan fingerprint density at radius 1 is 1.07 bits per heavy atom. The average Bonchev–Trinajstić information content (AvgIpc) is 2.69. The van der Waals surface area contributed by atoms with Crippen LogP contribution in [0.5, 0.6) is 0 Å². The second-order valence-electron chi connectivity index (χ2n) is 9.03. The summed E-state index contributed by atoms with van der Waals surface area (Å²) in [6, 6.07) is -1.45. The average molecular weight is 425 g/mol. The summed E-state index contributed by atoms with van der Waals surface area (Å²) in [5, 5.41) is 5.54. The first-order valence-corrected chi connectivity index (χ1v) is 11.2. The van der Waals surface area contributed by atoms with Crippen molar-refractivity contribution in [2.24, 2.45) is 5.92 Å². The Balaban J connectivity index is 2.81. The Morgan fingerprint density at radius 3 is 2.30 bits per heavy atom. The fourth-order valence-electron chi connectivity index (χ4n) is 3.75. The number of alkyl carbamates (subject to hydrolysis) is 1. The lowest BCUT2D eigenvalue weighted by Crippen LogP contribution is -2.54. The fraction of sp³-hybridized carbons (Fsp3) is 0.783. The van der Waals surface area contributed by atoms with Crippen molar-refractivity contribution < 1.29 is 23.9 Å². The van der Waals surface area contributed by atoms with E-state index in [1.54, 1.807) is 20.8 Å². The molecule has 1 saturated carbocycles. The normalized spacial score (nSPS) is 16.8. The highest BCUT2D eigenvalue weighted by Crippen LogP contribution is 2.27. The number of unbranched alkanes of at least 4 members (excludes halogenated alkanes) is 3. The van der Waals surface area contributed by atoms with Gasteiger partial charge in [0, 0.05) is 0 Å². The maximum atomic E-state index is 13.0. The Bertz CT molecular complexity index is 564. The van der Waals surface area contributed by atoms with Gasteiger partial charge in [-0.25, -0.2) is 9.59 Å². The van der Waals surface area contributed by atoms with Gasteiger partial charge in [0.15, 0.2) is 0 Å². The minimum Gasteiger partial charge on any atom is -0.467 e. The molecule has 172 valence electrons. The molecule has 0 heterocycles. The summed E-state index contributed by atoms with van der Waals surface area (Å²) in [5.74, 6) is -0.743. The van der Waals surface area contributed by atoms with E-state index in [9.17, 15) is 14.4 Å². The molecule has 7 nitrogen and oxygen atoms in total. The van der Waals surface area contributed by atoms with Crippen LogP contribution < -0.4 is 10.6 Å². The van der Waals surface area contributed by atoms with E-state index >= 15 is 0 Å². The molecular formula is C23H40N2O5. The van der Waals surface area contributed by atoms with E-state index in [0.29, 0.717) is 6.42 Å². The number of methoxy groups -OCH3 is 1. The lowest BCUT2D eigenvalue weighted by molar-refractivity contribution is -0.147. The molecule has 0 bridgehead atoms.